The number of hydrogen-bond acceptors (Lipinski definition) is 6. The zero-order chi connectivity index (χ0) is 25.0. The van der Waals surface area contributed by atoms with Crippen LogP contribution in [0.5, 0.6) is 5.75 Å². The Morgan fingerprint density at radius 3 is 2.66 bits per heavy atom. The van der Waals surface area contributed by atoms with E-state index in [1.165, 1.54) is 19.1 Å². The number of amides is 3. The zero-order valence-corrected chi connectivity index (χ0v) is 20.2. The van der Waals surface area contributed by atoms with Gasteiger partial charge >= 0.3 is 0 Å². The van der Waals surface area contributed by atoms with Crippen molar-refractivity contribution in [3.05, 3.63) is 71.9 Å². The van der Waals surface area contributed by atoms with Crippen LogP contribution in [0.2, 0.25) is 0 Å². The number of likely N-dealkylation sites (tertiary alicyclic amines) is 1. The Hall–Kier alpha value is -3.78. The Morgan fingerprint density at radius 2 is 1.89 bits per heavy atom. The molecule has 1 aliphatic rings. The fraction of sp³-hybridized carbons (Fsp3) is 0.333. The standard InChI is InChI=1S/C27H29N3O5/c1-29(18-19-8-6-11-22-20(19)9-7-13-28-22)24(31)16-27(21-10-4-5-12-23(21)35-3)17-25(32)30(26(27)33)14-15-34-2/h4-13H,14-18H2,1-3H3/t27-/m0/s1. The molecule has 1 saturated heterocycles. The molecule has 2 heterocycles. The van der Waals surface area contributed by atoms with Gasteiger partial charge in [0, 0.05) is 50.7 Å². The van der Waals surface area contributed by atoms with Crippen molar-refractivity contribution in [1.82, 2.24) is 14.8 Å². The molecule has 8 heteroatoms. The van der Waals surface area contributed by atoms with E-state index >= 15 is 0 Å². The van der Waals surface area contributed by atoms with E-state index in [2.05, 4.69) is 4.98 Å². The summed E-state index contributed by atoms with van der Waals surface area (Å²) in [5.74, 6) is -0.502. The number of ether oxygens (including phenoxy) is 2. The molecule has 3 amide bonds. The first-order chi connectivity index (χ1) is 16.9. The molecule has 8 nitrogen and oxygen atoms in total. The second-order valence-corrected chi connectivity index (χ2v) is 8.72. The van der Waals surface area contributed by atoms with Crippen molar-refractivity contribution >= 4 is 28.6 Å². The van der Waals surface area contributed by atoms with Gasteiger partial charge in [-0.2, -0.15) is 0 Å². The molecule has 1 aliphatic heterocycles. The van der Waals surface area contributed by atoms with Gasteiger partial charge in [0.25, 0.3) is 0 Å². The van der Waals surface area contributed by atoms with E-state index in [0.29, 0.717) is 17.9 Å². The number of methoxy groups -OCH3 is 2. The number of nitrogens with zero attached hydrogens (tertiary/aromatic N) is 3. The number of hydrogen-bond donors (Lipinski definition) is 0. The van der Waals surface area contributed by atoms with E-state index in [4.69, 9.17) is 9.47 Å². The minimum absolute atomic E-state index is 0.103. The number of para-hydroxylation sites is 1. The van der Waals surface area contributed by atoms with E-state index in [1.807, 2.05) is 30.3 Å². The first-order valence-electron chi connectivity index (χ1n) is 11.4. The highest BCUT2D eigenvalue weighted by molar-refractivity contribution is 6.11. The molecule has 0 N–H and O–H groups in total. The van der Waals surface area contributed by atoms with Crippen molar-refractivity contribution in [2.75, 3.05) is 34.4 Å². The summed E-state index contributed by atoms with van der Waals surface area (Å²) >= 11 is 0. The predicted octanol–water partition coefficient (Wildman–Crippen LogP) is 2.94. The summed E-state index contributed by atoms with van der Waals surface area (Å²) in [6.07, 6.45) is 1.48. The monoisotopic (exact) mass is 475 g/mol. The van der Waals surface area contributed by atoms with Crippen molar-refractivity contribution in [3.63, 3.8) is 0 Å². The van der Waals surface area contributed by atoms with E-state index in [9.17, 15) is 14.4 Å². The van der Waals surface area contributed by atoms with E-state index in [1.54, 1.807) is 42.4 Å². The Kier molecular flexibility index (Phi) is 7.12. The second-order valence-electron chi connectivity index (χ2n) is 8.72. The number of pyridine rings is 1. The summed E-state index contributed by atoms with van der Waals surface area (Å²) in [4.78, 5) is 47.4. The lowest BCUT2D eigenvalue weighted by molar-refractivity contribution is -0.143. The molecule has 0 unspecified atom stereocenters. The van der Waals surface area contributed by atoms with Crippen LogP contribution < -0.4 is 4.74 Å². The van der Waals surface area contributed by atoms with Crippen molar-refractivity contribution < 1.29 is 23.9 Å². The van der Waals surface area contributed by atoms with Crippen LogP contribution >= 0.6 is 0 Å². The second kappa shape index (κ2) is 10.2. The Balaban J connectivity index is 1.66. The average molecular weight is 476 g/mol. The van der Waals surface area contributed by atoms with Gasteiger partial charge in [-0.15, -0.1) is 0 Å². The summed E-state index contributed by atoms with van der Waals surface area (Å²) < 4.78 is 10.6. The first-order valence-corrected chi connectivity index (χ1v) is 11.4. The molecule has 3 aromatic rings. The molecule has 1 fully saturated rings. The molecule has 2 aromatic carbocycles. The molecule has 182 valence electrons. The largest absolute Gasteiger partial charge is 0.496 e. The maximum atomic E-state index is 13.7. The molecule has 0 bridgehead atoms. The predicted molar refractivity (Wildman–Crippen MR) is 131 cm³/mol. The van der Waals surface area contributed by atoms with Crippen LogP contribution in [0.25, 0.3) is 10.9 Å². The minimum Gasteiger partial charge on any atom is -0.496 e. The maximum absolute atomic E-state index is 13.7. The van der Waals surface area contributed by atoms with Crippen LogP contribution in [0.1, 0.15) is 24.0 Å². The summed E-state index contributed by atoms with van der Waals surface area (Å²) in [6, 6.07) is 16.7. The van der Waals surface area contributed by atoms with Crippen molar-refractivity contribution in [2.24, 2.45) is 0 Å². The third-order valence-corrected chi connectivity index (χ3v) is 6.57. The van der Waals surface area contributed by atoms with Crippen LogP contribution in [0.4, 0.5) is 0 Å². The lowest BCUT2D eigenvalue weighted by Gasteiger charge is -2.30. The molecule has 4 rings (SSSR count). The lowest BCUT2D eigenvalue weighted by atomic mass is 9.75. The van der Waals surface area contributed by atoms with Crippen LogP contribution in [-0.2, 0) is 31.1 Å². The van der Waals surface area contributed by atoms with Crippen LogP contribution in [0.3, 0.4) is 0 Å². The van der Waals surface area contributed by atoms with Crippen molar-refractivity contribution in [3.8, 4) is 5.75 Å². The average Bonchev–Trinajstić information content (AvgIpc) is 3.11. The summed E-state index contributed by atoms with van der Waals surface area (Å²) in [5, 5.41) is 0.965. The summed E-state index contributed by atoms with van der Waals surface area (Å²) in [7, 11) is 4.73. The normalized spacial score (nSPS) is 17.7. The van der Waals surface area contributed by atoms with Crippen LogP contribution in [-0.4, -0.2) is 66.9 Å². The molecule has 1 atom stereocenters. The fourth-order valence-electron chi connectivity index (χ4n) is 4.74. The number of benzene rings is 2. The van der Waals surface area contributed by atoms with Gasteiger partial charge in [0.1, 0.15) is 5.75 Å². The molecule has 35 heavy (non-hydrogen) atoms. The van der Waals surface area contributed by atoms with Crippen LogP contribution in [0, 0.1) is 0 Å². The lowest BCUT2D eigenvalue weighted by Crippen LogP contribution is -2.43. The molecule has 1 aromatic heterocycles. The Bertz CT molecular complexity index is 1260. The number of imide groups is 1. The summed E-state index contributed by atoms with van der Waals surface area (Å²) in [6.45, 7) is 0.708. The van der Waals surface area contributed by atoms with Gasteiger partial charge in [-0.3, -0.25) is 24.3 Å². The van der Waals surface area contributed by atoms with Gasteiger partial charge in [0.15, 0.2) is 0 Å². The van der Waals surface area contributed by atoms with E-state index in [0.717, 1.165) is 16.5 Å². The maximum Gasteiger partial charge on any atom is 0.241 e. The Labute approximate surface area is 204 Å². The highest BCUT2D eigenvalue weighted by Crippen LogP contribution is 2.44. The number of rotatable bonds is 9. The van der Waals surface area contributed by atoms with Crippen LogP contribution in [0.15, 0.2) is 60.8 Å². The van der Waals surface area contributed by atoms with Gasteiger partial charge in [-0.05, 0) is 23.8 Å². The van der Waals surface area contributed by atoms with Gasteiger partial charge in [-0.1, -0.05) is 36.4 Å². The number of aromatic nitrogens is 1. The molecule has 0 aliphatic carbocycles. The fourth-order valence-corrected chi connectivity index (χ4v) is 4.74. The summed E-state index contributed by atoms with van der Waals surface area (Å²) in [5.41, 5.74) is 0.996. The molecule has 0 radical (unpaired) electrons. The van der Waals surface area contributed by atoms with Crippen molar-refractivity contribution in [1.29, 1.82) is 0 Å². The van der Waals surface area contributed by atoms with E-state index in [-0.39, 0.29) is 37.8 Å². The quantitative estimate of drug-likeness (QED) is 0.442. The zero-order valence-electron chi connectivity index (χ0n) is 20.2. The number of carbonyl (C=O) groups is 3. The molecule has 0 saturated carbocycles. The molecular formula is C27H29N3O5. The third-order valence-electron chi connectivity index (χ3n) is 6.57. The van der Waals surface area contributed by atoms with Crippen molar-refractivity contribution in [2.45, 2.75) is 24.8 Å². The van der Waals surface area contributed by atoms with Gasteiger partial charge in [-0.25, -0.2) is 0 Å². The minimum atomic E-state index is -1.34. The smallest absolute Gasteiger partial charge is 0.241 e. The highest BCUT2D eigenvalue weighted by Gasteiger charge is 2.55. The SMILES string of the molecule is COCCN1C(=O)C[C@@](CC(=O)N(C)Cc2cccc3ncccc23)(c2ccccc2OC)C1=O. The molecular weight excluding hydrogens is 446 g/mol. The van der Waals surface area contributed by atoms with E-state index < -0.39 is 11.3 Å². The first kappa shape index (κ1) is 24.3. The number of carbonyl (C=O) groups excluding carboxylic acids is 3. The third kappa shape index (κ3) is 4.61. The van der Waals surface area contributed by atoms with Gasteiger partial charge in [0.05, 0.1) is 31.2 Å². The Morgan fingerprint density at radius 1 is 1.09 bits per heavy atom. The van der Waals surface area contributed by atoms with Gasteiger partial charge in [0.2, 0.25) is 17.7 Å². The highest BCUT2D eigenvalue weighted by atomic mass is 16.5. The van der Waals surface area contributed by atoms with Gasteiger partial charge < -0.3 is 14.4 Å². The molecule has 0 spiro atoms. The number of fused-ring (bicyclic) bond motifs is 1. The topological polar surface area (TPSA) is 89.0 Å².